The van der Waals surface area contributed by atoms with E-state index in [1.54, 1.807) is 4.90 Å². The molecular formula is C18H36N2O2. The Morgan fingerprint density at radius 3 is 2.23 bits per heavy atom. The van der Waals surface area contributed by atoms with Crippen LogP contribution in [0.5, 0.6) is 0 Å². The predicted octanol–water partition coefficient (Wildman–Crippen LogP) is 4.19. The highest BCUT2D eigenvalue weighted by Crippen LogP contribution is 2.25. The van der Waals surface area contributed by atoms with Crippen LogP contribution in [-0.4, -0.2) is 41.8 Å². The quantitative estimate of drug-likeness (QED) is 0.827. The van der Waals surface area contributed by atoms with E-state index in [9.17, 15) is 4.79 Å². The maximum atomic E-state index is 12.1. The first-order chi connectivity index (χ1) is 10.1. The lowest BCUT2D eigenvalue weighted by atomic mass is 9.89. The maximum Gasteiger partial charge on any atom is 0.410 e. The minimum Gasteiger partial charge on any atom is -0.444 e. The number of carbonyl (C=O) groups is 1. The molecule has 0 aromatic rings. The summed E-state index contributed by atoms with van der Waals surface area (Å²) in [7, 11) is 1.87. The van der Waals surface area contributed by atoms with E-state index in [1.165, 1.54) is 6.42 Å². The highest BCUT2D eigenvalue weighted by Gasteiger charge is 2.29. The number of nitrogens with zero attached hydrogens (tertiary/aromatic N) is 1. The molecule has 1 N–H and O–H groups in total. The monoisotopic (exact) mass is 312 g/mol. The first-order valence-electron chi connectivity index (χ1n) is 8.86. The first-order valence-corrected chi connectivity index (χ1v) is 8.86. The average Bonchev–Trinajstić information content (AvgIpc) is 2.44. The third-order valence-electron chi connectivity index (χ3n) is 4.92. The summed E-state index contributed by atoms with van der Waals surface area (Å²) in [6.07, 6.45) is 5.40. The van der Waals surface area contributed by atoms with Crippen molar-refractivity contribution in [3.63, 3.8) is 0 Å². The summed E-state index contributed by atoms with van der Waals surface area (Å²) in [5.41, 5.74) is -0.421. The van der Waals surface area contributed by atoms with Crippen LogP contribution in [0.25, 0.3) is 0 Å². The number of rotatable bonds is 5. The third-order valence-corrected chi connectivity index (χ3v) is 4.92. The van der Waals surface area contributed by atoms with Gasteiger partial charge in [0, 0.05) is 25.2 Å². The molecule has 2 atom stereocenters. The molecule has 0 aromatic heterocycles. The molecule has 1 aliphatic rings. The average molecular weight is 312 g/mol. The number of carbonyl (C=O) groups excluding carboxylic acids is 1. The Kier molecular flexibility index (Phi) is 7.17. The van der Waals surface area contributed by atoms with Gasteiger partial charge in [-0.05, 0) is 59.3 Å². The number of ether oxygens (including phenoxy) is 1. The van der Waals surface area contributed by atoms with Crippen LogP contribution < -0.4 is 5.32 Å². The standard InChI is InChI=1S/C18H36N2O2/c1-8-13(2)14(3)19-15-9-11-16(12-10-15)20(7)17(21)22-18(4,5)6/h13-16,19H,8-12H2,1-7H3. The van der Waals surface area contributed by atoms with Crippen molar-refractivity contribution in [1.82, 2.24) is 10.2 Å². The molecule has 0 saturated heterocycles. The lowest BCUT2D eigenvalue weighted by Gasteiger charge is -2.37. The van der Waals surface area contributed by atoms with Gasteiger partial charge in [0.15, 0.2) is 0 Å². The van der Waals surface area contributed by atoms with Crippen molar-refractivity contribution in [1.29, 1.82) is 0 Å². The van der Waals surface area contributed by atoms with Gasteiger partial charge in [0.1, 0.15) is 5.60 Å². The summed E-state index contributed by atoms with van der Waals surface area (Å²) in [6.45, 7) is 12.6. The molecule has 4 nitrogen and oxygen atoms in total. The maximum absolute atomic E-state index is 12.1. The van der Waals surface area contributed by atoms with Crippen LogP contribution in [0.1, 0.15) is 73.6 Å². The van der Waals surface area contributed by atoms with E-state index in [2.05, 4.69) is 26.1 Å². The Labute approximate surface area is 137 Å². The molecule has 130 valence electrons. The molecule has 2 unspecified atom stereocenters. The second-order valence-corrected chi connectivity index (χ2v) is 7.94. The van der Waals surface area contributed by atoms with Gasteiger partial charge in [0.2, 0.25) is 0 Å². The molecule has 1 aliphatic carbocycles. The van der Waals surface area contributed by atoms with E-state index >= 15 is 0 Å². The van der Waals surface area contributed by atoms with E-state index in [-0.39, 0.29) is 6.09 Å². The van der Waals surface area contributed by atoms with E-state index in [4.69, 9.17) is 4.74 Å². The van der Waals surface area contributed by atoms with Gasteiger partial charge in [0.25, 0.3) is 0 Å². The van der Waals surface area contributed by atoms with Crippen LogP contribution in [0.15, 0.2) is 0 Å². The lowest BCUT2D eigenvalue weighted by Crippen LogP contribution is -2.47. The van der Waals surface area contributed by atoms with Crippen LogP contribution in [0, 0.1) is 5.92 Å². The van der Waals surface area contributed by atoms with Crippen molar-refractivity contribution >= 4 is 6.09 Å². The highest BCUT2D eigenvalue weighted by atomic mass is 16.6. The number of nitrogens with one attached hydrogen (secondary N) is 1. The van der Waals surface area contributed by atoms with Gasteiger partial charge in [-0.2, -0.15) is 0 Å². The normalized spacial score (nSPS) is 25.4. The molecule has 4 heteroatoms. The molecule has 1 amide bonds. The molecule has 0 aromatic carbocycles. The Morgan fingerprint density at radius 1 is 1.23 bits per heavy atom. The SMILES string of the molecule is CCC(C)C(C)NC1CCC(N(C)C(=O)OC(C)(C)C)CC1. The fourth-order valence-electron chi connectivity index (χ4n) is 3.00. The highest BCUT2D eigenvalue weighted by molar-refractivity contribution is 5.68. The minimum atomic E-state index is -0.421. The van der Waals surface area contributed by atoms with Crippen molar-refractivity contribution in [3.8, 4) is 0 Å². The van der Waals surface area contributed by atoms with Gasteiger partial charge in [-0.1, -0.05) is 20.3 Å². The second-order valence-electron chi connectivity index (χ2n) is 7.94. The second kappa shape index (κ2) is 8.19. The zero-order valence-electron chi connectivity index (χ0n) is 15.6. The molecule has 0 heterocycles. The predicted molar refractivity (Wildman–Crippen MR) is 92.1 cm³/mol. The van der Waals surface area contributed by atoms with Gasteiger partial charge >= 0.3 is 6.09 Å². The third kappa shape index (κ3) is 6.15. The first kappa shape index (κ1) is 19.3. The summed E-state index contributed by atoms with van der Waals surface area (Å²) >= 11 is 0. The van der Waals surface area contributed by atoms with Crippen molar-refractivity contribution in [2.45, 2.75) is 97.4 Å². The molecule has 0 bridgehead atoms. The zero-order valence-corrected chi connectivity index (χ0v) is 15.6. The van der Waals surface area contributed by atoms with E-state index < -0.39 is 5.60 Å². The zero-order chi connectivity index (χ0) is 16.9. The van der Waals surface area contributed by atoms with Gasteiger partial charge in [-0.15, -0.1) is 0 Å². The smallest absolute Gasteiger partial charge is 0.410 e. The minimum absolute atomic E-state index is 0.197. The van der Waals surface area contributed by atoms with Gasteiger partial charge in [-0.25, -0.2) is 4.79 Å². The summed E-state index contributed by atoms with van der Waals surface area (Å²) in [5.74, 6) is 0.710. The van der Waals surface area contributed by atoms with Gasteiger partial charge < -0.3 is 15.0 Å². The molecule has 0 aliphatic heterocycles. The number of amides is 1. The van der Waals surface area contributed by atoms with E-state index in [1.807, 2.05) is 27.8 Å². The summed E-state index contributed by atoms with van der Waals surface area (Å²) in [5, 5.41) is 3.76. The largest absolute Gasteiger partial charge is 0.444 e. The molecule has 1 rings (SSSR count). The van der Waals surface area contributed by atoms with Crippen LogP contribution in [-0.2, 0) is 4.74 Å². The Hall–Kier alpha value is -0.770. The molecule has 0 spiro atoms. The van der Waals surface area contributed by atoms with Crippen LogP contribution in [0.4, 0.5) is 4.79 Å². The van der Waals surface area contributed by atoms with Crippen LogP contribution >= 0.6 is 0 Å². The molecule has 1 saturated carbocycles. The Bertz CT molecular complexity index is 343. The summed E-state index contributed by atoms with van der Waals surface area (Å²) < 4.78 is 5.46. The van der Waals surface area contributed by atoms with E-state index in [0.29, 0.717) is 24.0 Å². The van der Waals surface area contributed by atoms with Gasteiger partial charge in [0.05, 0.1) is 0 Å². The van der Waals surface area contributed by atoms with Gasteiger partial charge in [-0.3, -0.25) is 0 Å². The molecule has 22 heavy (non-hydrogen) atoms. The van der Waals surface area contributed by atoms with E-state index in [0.717, 1.165) is 25.7 Å². The molecule has 0 radical (unpaired) electrons. The van der Waals surface area contributed by atoms with Crippen LogP contribution in [0.3, 0.4) is 0 Å². The molecule has 1 fully saturated rings. The Morgan fingerprint density at radius 2 is 1.77 bits per heavy atom. The van der Waals surface area contributed by atoms with Crippen molar-refractivity contribution in [3.05, 3.63) is 0 Å². The number of hydrogen-bond donors (Lipinski definition) is 1. The lowest BCUT2D eigenvalue weighted by molar-refractivity contribution is 0.0177. The Balaban J connectivity index is 2.40. The fraction of sp³-hybridized carbons (Fsp3) is 0.944. The molecular weight excluding hydrogens is 276 g/mol. The van der Waals surface area contributed by atoms with Crippen molar-refractivity contribution in [2.75, 3.05) is 7.05 Å². The van der Waals surface area contributed by atoms with Crippen LogP contribution in [0.2, 0.25) is 0 Å². The van der Waals surface area contributed by atoms with Crippen molar-refractivity contribution in [2.24, 2.45) is 5.92 Å². The summed E-state index contributed by atoms with van der Waals surface area (Å²) in [6, 6.07) is 1.47. The topological polar surface area (TPSA) is 41.6 Å². The van der Waals surface area contributed by atoms with Crippen molar-refractivity contribution < 1.29 is 9.53 Å². The fourth-order valence-corrected chi connectivity index (χ4v) is 3.00. The summed E-state index contributed by atoms with van der Waals surface area (Å²) in [4.78, 5) is 13.9. The number of hydrogen-bond acceptors (Lipinski definition) is 3.